The number of amides is 2. The van der Waals surface area contributed by atoms with Crippen LogP contribution in [0.15, 0.2) is 102 Å². The Kier molecular flexibility index (Phi) is 11.6. The maximum atomic E-state index is 14.7. The smallest absolute Gasteiger partial charge is 0.264 e. The highest BCUT2D eigenvalue weighted by Gasteiger charge is 2.35. The molecule has 5 rings (SSSR count). The molecular formula is C39H44ClN3O4S. The number of anilines is 1. The molecule has 2 amide bonds. The van der Waals surface area contributed by atoms with Crippen molar-refractivity contribution in [3.8, 4) is 0 Å². The van der Waals surface area contributed by atoms with Crippen molar-refractivity contribution < 1.29 is 18.0 Å². The van der Waals surface area contributed by atoms with Gasteiger partial charge in [-0.05, 0) is 92.3 Å². The summed E-state index contributed by atoms with van der Waals surface area (Å²) in [6.45, 7) is 5.29. The molecule has 1 fully saturated rings. The van der Waals surface area contributed by atoms with E-state index in [1.165, 1.54) is 9.21 Å². The molecular weight excluding hydrogens is 642 g/mol. The molecule has 0 saturated heterocycles. The van der Waals surface area contributed by atoms with E-state index in [0.717, 1.165) is 59.9 Å². The average Bonchev–Trinajstić information content (AvgIpc) is 3.06. The number of carbonyl (C=O) groups excluding carboxylic acids is 2. The van der Waals surface area contributed by atoms with Crippen LogP contribution in [0.4, 0.5) is 5.69 Å². The standard InChI is InChI=1S/C39H44ClN3O4S/c1-28-14-20-36(21-15-28)48(46,47)43(35-23-29(2)22-30(3)24-35)27-38(44)42(26-32-16-18-33(40)19-17-32)37(25-31-10-6-4-7-11-31)39(45)41-34-12-8-5-9-13-34/h4,6-7,10-11,14-24,34,37H,5,8-9,12-13,25-27H2,1-3H3,(H,41,45)/t37-/m1/s1. The zero-order chi connectivity index (χ0) is 34.3. The molecule has 0 unspecified atom stereocenters. The van der Waals surface area contributed by atoms with Gasteiger partial charge in [-0.1, -0.05) is 97.1 Å². The predicted octanol–water partition coefficient (Wildman–Crippen LogP) is 7.55. The fraction of sp³-hybridized carbons (Fsp3) is 0.333. The topological polar surface area (TPSA) is 86.8 Å². The lowest BCUT2D eigenvalue weighted by atomic mass is 9.94. The van der Waals surface area contributed by atoms with Gasteiger partial charge in [0.15, 0.2) is 0 Å². The van der Waals surface area contributed by atoms with E-state index >= 15 is 0 Å². The van der Waals surface area contributed by atoms with Crippen LogP contribution in [0.1, 0.15) is 59.9 Å². The summed E-state index contributed by atoms with van der Waals surface area (Å²) in [6.07, 6.45) is 5.29. The Balaban J connectivity index is 1.58. The largest absolute Gasteiger partial charge is 0.352 e. The van der Waals surface area contributed by atoms with Gasteiger partial charge < -0.3 is 10.2 Å². The molecule has 0 spiro atoms. The summed E-state index contributed by atoms with van der Waals surface area (Å²) in [4.78, 5) is 30.6. The first-order valence-electron chi connectivity index (χ1n) is 16.6. The second-order valence-corrected chi connectivity index (χ2v) is 15.2. The van der Waals surface area contributed by atoms with Crippen LogP contribution in [0.25, 0.3) is 0 Å². The maximum absolute atomic E-state index is 14.7. The molecule has 9 heteroatoms. The summed E-state index contributed by atoms with van der Waals surface area (Å²) >= 11 is 6.20. The van der Waals surface area contributed by atoms with Gasteiger partial charge in [-0.15, -0.1) is 0 Å². The van der Waals surface area contributed by atoms with Gasteiger partial charge in [0.1, 0.15) is 12.6 Å². The summed E-state index contributed by atoms with van der Waals surface area (Å²) in [5, 5.41) is 3.80. The van der Waals surface area contributed by atoms with Crippen LogP contribution in [0.5, 0.6) is 0 Å². The first kappa shape index (κ1) is 35.2. The highest BCUT2D eigenvalue weighted by Crippen LogP contribution is 2.28. The second-order valence-electron chi connectivity index (χ2n) is 12.9. The zero-order valence-corrected chi connectivity index (χ0v) is 29.4. The van der Waals surface area contributed by atoms with E-state index < -0.39 is 28.5 Å². The van der Waals surface area contributed by atoms with E-state index in [1.807, 2.05) is 69.3 Å². The fourth-order valence-corrected chi connectivity index (χ4v) is 7.87. The van der Waals surface area contributed by atoms with Gasteiger partial charge in [-0.2, -0.15) is 0 Å². The molecule has 48 heavy (non-hydrogen) atoms. The summed E-state index contributed by atoms with van der Waals surface area (Å²) in [5.41, 5.74) is 4.72. The lowest BCUT2D eigenvalue weighted by Crippen LogP contribution is -2.55. The Morgan fingerprint density at radius 2 is 1.42 bits per heavy atom. The molecule has 0 aliphatic heterocycles. The molecule has 252 valence electrons. The van der Waals surface area contributed by atoms with Crippen molar-refractivity contribution in [1.82, 2.24) is 10.2 Å². The van der Waals surface area contributed by atoms with E-state index in [0.29, 0.717) is 10.7 Å². The third kappa shape index (κ3) is 9.05. The van der Waals surface area contributed by atoms with Crippen molar-refractivity contribution in [1.29, 1.82) is 0 Å². The van der Waals surface area contributed by atoms with Gasteiger partial charge in [0.2, 0.25) is 11.8 Å². The molecule has 0 aromatic heterocycles. The SMILES string of the molecule is Cc1ccc(S(=O)(=O)N(CC(=O)N(Cc2ccc(Cl)cc2)[C@H](Cc2ccccc2)C(=O)NC2CCCCC2)c2cc(C)cc(C)c2)cc1. The van der Waals surface area contributed by atoms with Gasteiger partial charge in [0.05, 0.1) is 10.6 Å². The molecule has 0 heterocycles. The van der Waals surface area contributed by atoms with Crippen LogP contribution >= 0.6 is 11.6 Å². The molecule has 4 aromatic carbocycles. The number of carbonyl (C=O) groups is 2. The number of benzene rings is 4. The molecule has 4 aromatic rings. The van der Waals surface area contributed by atoms with Crippen molar-refractivity contribution in [3.63, 3.8) is 0 Å². The molecule has 1 atom stereocenters. The summed E-state index contributed by atoms with van der Waals surface area (Å²) in [6, 6.07) is 28.0. The Morgan fingerprint density at radius 1 is 0.792 bits per heavy atom. The van der Waals surface area contributed by atoms with Crippen molar-refractivity contribution in [2.75, 3.05) is 10.8 Å². The number of aryl methyl sites for hydroxylation is 3. The molecule has 1 aliphatic rings. The minimum Gasteiger partial charge on any atom is -0.352 e. The highest BCUT2D eigenvalue weighted by atomic mass is 35.5. The number of rotatable bonds is 12. The van der Waals surface area contributed by atoms with Gasteiger partial charge >= 0.3 is 0 Å². The summed E-state index contributed by atoms with van der Waals surface area (Å²) in [7, 11) is -4.17. The van der Waals surface area contributed by atoms with Crippen molar-refractivity contribution in [2.45, 2.75) is 82.8 Å². The van der Waals surface area contributed by atoms with Crippen molar-refractivity contribution in [3.05, 3.63) is 130 Å². The van der Waals surface area contributed by atoms with E-state index in [4.69, 9.17) is 11.6 Å². The van der Waals surface area contributed by atoms with E-state index in [2.05, 4.69) is 5.32 Å². The van der Waals surface area contributed by atoms with Crippen molar-refractivity contribution >= 4 is 39.1 Å². The quantitative estimate of drug-likeness (QED) is 0.167. The van der Waals surface area contributed by atoms with Gasteiger partial charge in [0, 0.05) is 24.0 Å². The number of sulfonamides is 1. The lowest BCUT2D eigenvalue weighted by Gasteiger charge is -2.35. The number of hydrogen-bond donors (Lipinski definition) is 1. The molecule has 1 aliphatic carbocycles. The first-order valence-corrected chi connectivity index (χ1v) is 18.4. The number of nitrogens with one attached hydrogen (secondary N) is 1. The Bertz CT molecular complexity index is 1790. The fourth-order valence-electron chi connectivity index (χ4n) is 6.35. The number of halogens is 1. The van der Waals surface area contributed by atoms with E-state index in [1.54, 1.807) is 48.5 Å². The Morgan fingerprint density at radius 3 is 2.04 bits per heavy atom. The van der Waals surface area contributed by atoms with Crippen LogP contribution in [-0.2, 0) is 32.6 Å². The van der Waals surface area contributed by atoms with Crippen LogP contribution < -0.4 is 9.62 Å². The molecule has 1 N–H and O–H groups in total. The van der Waals surface area contributed by atoms with Gasteiger partial charge in [0.25, 0.3) is 10.0 Å². The molecule has 1 saturated carbocycles. The molecule has 0 radical (unpaired) electrons. The summed E-state index contributed by atoms with van der Waals surface area (Å²) < 4.78 is 29.9. The van der Waals surface area contributed by atoms with Crippen LogP contribution in [0, 0.1) is 20.8 Å². The average molecular weight is 686 g/mol. The maximum Gasteiger partial charge on any atom is 0.264 e. The van der Waals surface area contributed by atoms with E-state index in [9.17, 15) is 18.0 Å². The molecule has 7 nitrogen and oxygen atoms in total. The second kappa shape index (κ2) is 15.8. The predicted molar refractivity (Wildman–Crippen MR) is 193 cm³/mol. The Labute approximate surface area is 290 Å². The van der Waals surface area contributed by atoms with Gasteiger partial charge in [-0.3, -0.25) is 13.9 Å². The lowest BCUT2D eigenvalue weighted by molar-refractivity contribution is -0.140. The normalized spacial score (nSPS) is 14.2. The zero-order valence-electron chi connectivity index (χ0n) is 27.9. The van der Waals surface area contributed by atoms with Crippen LogP contribution in [-0.4, -0.2) is 43.8 Å². The first-order chi connectivity index (χ1) is 23.0. The third-order valence-corrected chi connectivity index (χ3v) is 10.9. The van der Waals surface area contributed by atoms with E-state index in [-0.39, 0.29) is 29.8 Å². The third-order valence-electron chi connectivity index (χ3n) is 8.87. The highest BCUT2D eigenvalue weighted by molar-refractivity contribution is 7.92. The van der Waals surface area contributed by atoms with Crippen molar-refractivity contribution in [2.24, 2.45) is 0 Å². The van der Waals surface area contributed by atoms with Crippen LogP contribution in [0.2, 0.25) is 5.02 Å². The monoisotopic (exact) mass is 685 g/mol. The van der Waals surface area contributed by atoms with Gasteiger partial charge in [-0.25, -0.2) is 8.42 Å². The minimum atomic E-state index is -4.17. The number of nitrogens with zero attached hydrogens (tertiary/aromatic N) is 2. The summed E-state index contributed by atoms with van der Waals surface area (Å²) in [5.74, 6) is -0.730. The Hall–Kier alpha value is -4.14. The number of hydrogen-bond acceptors (Lipinski definition) is 4. The van der Waals surface area contributed by atoms with Crippen LogP contribution in [0.3, 0.4) is 0 Å². The molecule has 0 bridgehead atoms. The minimum absolute atomic E-state index is 0.0330.